The number of carbonyl (C=O) groups excluding carboxylic acids is 1. The number of benzene rings is 1. The van der Waals surface area contributed by atoms with Crippen LogP contribution in [0.25, 0.3) is 6.08 Å². The molecule has 0 saturated heterocycles. The lowest BCUT2D eigenvalue weighted by atomic mass is 10.2. The lowest BCUT2D eigenvalue weighted by Crippen LogP contribution is -2.23. The molecule has 3 nitrogen and oxygen atoms in total. The molecule has 0 radical (unpaired) electrons. The lowest BCUT2D eigenvalue weighted by Gasteiger charge is -2.07. The standard InChI is InChI=1S/C14H20N2OS/c1-11(18-2)9-10-16-14(17)8-5-12-3-6-13(15)7-4-12/h3-8,11H,9-10,15H2,1-2H3,(H,16,17)/b8-5+. The molecule has 0 aliphatic heterocycles. The van der Waals surface area contributed by atoms with Gasteiger partial charge in [0.15, 0.2) is 0 Å². The van der Waals surface area contributed by atoms with Crippen molar-refractivity contribution in [1.82, 2.24) is 5.32 Å². The molecule has 0 fully saturated rings. The summed E-state index contributed by atoms with van der Waals surface area (Å²) in [5, 5.41) is 3.44. The quantitative estimate of drug-likeness (QED) is 0.613. The van der Waals surface area contributed by atoms with E-state index in [0.29, 0.717) is 11.8 Å². The number of hydrogen-bond acceptors (Lipinski definition) is 3. The van der Waals surface area contributed by atoms with Gasteiger partial charge in [0, 0.05) is 23.6 Å². The van der Waals surface area contributed by atoms with Crippen LogP contribution >= 0.6 is 11.8 Å². The maximum Gasteiger partial charge on any atom is 0.243 e. The second-order valence-corrected chi connectivity index (χ2v) is 5.40. The summed E-state index contributed by atoms with van der Waals surface area (Å²) >= 11 is 1.81. The summed E-state index contributed by atoms with van der Waals surface area (Å²) in [5.41, 5.74) is 7.28. The van der Waals surface area contributed by atoms with Crippen molar-refractivity contribution < 1.29 is 4.79 Å². The molecular weight excluding hydrogens is 244 g/mol. The van der Waals surface area contributed by atoms with Gasteiger partial charge in [0.05, 0.1) is 0 Å². The van der Waals surface area contributed by atoms with Crippen LogP contribution in [0.3, 0.4) is 0 Å². The number of nitrogen functional groups attached to an aromatic ring is 1. The Morgan fingerprint density at radius 3 is 2.72 bits per heavy atom. The van der Waals surface area contributed by atoms with Gasteiger partial charge in [0.1, 0.15) is 0 Å². The van der Waals surface area contributed by atoms with Crippen LogP contribution in [0, 0.1) is 0 Å². The Bertz CT molecular complexity index is 401. The maximum absolute atomic E-state index is 11.5. The number of carbonyl (C=O) groups is 1. The van der Waals surface area contributed by atoms with Crippen molar-refractivity contribution in [1.29, 1.82) is 0 Å². The van der Waals surface area contributed by atoms with E-state index in [2.05, 4.69) is 18.5 Å². The Kier molecular flexibility index (Phi) is 6.36. The maximum atomic E-state index is 11.5. The molecule has 1 aromatic rings. The van der Waals surface area contributed by atoms with Crippen LogP contribution in [-0.2, 0) is 4.79 Å². The predicted octanol–water partition coefficient (Wildman–Crippen LogP) is 2.54. The second-order valence-electron chi connectivity index (χ2n) is 4.13. The summed E-state index contributed by atoms with van der Waals surface area (Å²) in [7, 11) is 0. The monoisotopic (exact) mass is 264 g/mol. The number of nitrogens with one attached hydrogen (secondary N) is 1. The highest BCUT2D eigenvalue weighted by molar-refractivity contribution is 7.99. The van der Waals surface area contributed by atoms with E-state index in [0.717, 1.165) is 17.7 Å². The highest BCUT2D eigenvalue weighted by atomic mass is 32.2. The third kappa shape index (κ3) is 5.77. The number of anilines is 1. The Morgan fingerprint density at radius 2 is 2.11 bits per heavy atom. The Hall–Kier alpha value is -1.42. The zero-order chi connectivity index (χ0) is 13.4. The molecule has 4 heteroatoms. The summed E-state index contributed by atoms with van der Waals surface area (Å²) in [6.07, 6.45) is 6.40. The topological polar surface area (TPSA) is 55.1 Å². The first-order chi connectivity index (χ1) is 8.61. The second kappa shape index (κ2) is 7.82. The third-order valence-electron chi connectivity index (χ3n) is 2.62. The molecular formula is C14H20N2OS. The Labute approximate surface area is 113 Å². The van der Waals surface area contributed by atoms with Crippen molar-refractivity contribution in [3.05, 3.63) is 35.9 Å². The molecule has 3 N–H and O–H groups in total. The Balaban J connectivity index is 2.33. The molecule has 0 bridgehead atoms. The molecule has 18 heavy (non-hydrogen) atoms. The number of nitrogens with two attached hydrogens (primary N) is 1. The van der Waals surface area contributed by atoms with Gasteiger partial charge in [0.2, 0.25) is 5.91 Å². The molecule has 1 atom stereocenters. The van der Waals surface area contributed by atoms with E-state index in [1.165, 1.54) is 0 Å². The zero-order valence-electron chi connectivity index (χ0n) is 10.8. The fourth-order valence-electron chi connectivity index (χ4n) is 1.35. The van der Waals surface area contributed by atoms with E-state index >= 15 is 0 Å². The van der Waals surface area contributed by atoms with Gasteiger partial charge in [-0.1, -0.05) is 19.1 Å². The van der Waals surface area contributed by atoms with Gasteiger partial charge in [-0.15, -0.1) is 0 Å². The fourth-order valence-corrected chi connectivity index (χ4v) is 1.71. The first-order valence-corrected chi connectivity index (χ1v) is 7.25. The van der Waals surface area contributed by atoms with E-state index in [1.807, 2.05) is 24.3 Å². The van der Waals surface area contributed by atoms with Crippen LogP contribution in [0.5, 0.6) is 0 Å². The van der Waals surface area contributed by atoms with Gasteiger partial charge in [-0.25, -0.2) is 0 Å². The highest BCUT2D eigenvalue weighted by Gasteiger charge is 2.00. The largest absolute Gasteiger partial charge is 0.399 e. The minimum Gasteiger partial charge on any atom is -0.399 e. The molecule has 0 spiro atoms. The van der Waals surface area contributed by atoms with Crippen LogP contribution in [0.2, 0.25) is 0 Å². The van der Waals surface area contributed by atoms with Crippen molar-refractivity contribution in [3.63, 3.8) is 0 Å². The summed E-state index contributed by atoms with van der Waals surface area (Å²) < 4.78 is 0. The number of rotatable bonds is 6. The molecule has 0 saturated carbocycles. The lowest BCUT2D eigenvalue weighted by molar-refractivity contribution is -0.116. The van der Waals surface area contributed by atoms with Gasteiger partial charge in [-0.2, -0.15) is 11.8 Å². The molecule has 1 unspecified atom stereocenters. The first kappa shape index (κ1) is 14.6. The minimum atomic E-state index is -0.0554. The van der Waals surface area contributed by atoms with Gasteiger partial charge in [-0.3, -0.25) is 4.79 Å². The van der Waals surface area contributed by atoms with Crippen LogP contribution in [0.15, 0.2) is 30.3 Å². The van der Waals surface area contributed by atoms with Gasteiger partial charge >= 0.3 is 0 Å². The molecule has 1 rings (SSSR count). The SMILES string of the molecule is CSC(C)CCNC(=O)/C=C/c1ccc(N)cc1. The van der Waals surface area contributed by atoms with E-state index in [1.54, 1.807) is 23.9 Å². The van der Waals surface area contributed by atoms with Crippen LogP contribution < -0.4 is 11.1 Å². The molecule has 98 valence electrons. The van der Waals surface area contributed by atoms with E-state index < -0.39 is 0 Å². The number of amides is 1. The smallest absolute Gasteiger partial charge is 0.243 e. The van der Waals surface area contributed by atoms with Crippen molar-refractivity contribution in [2.45, 2.75) is 18.6 Å². The predicted molar refractivity (Wildman–Crippen MR) is 80.5 cm³/mol. The summed E-state index contributed by atoms with van der Waals surface area (Å²) in [5.74, 6) is -0.0554. The summed E-state index contributed by atoms with van der Waals surface area (Å²) in [6, 6.07) is 7.40. The van der Waals surface area contributed by atoms with E-state index in [-0.39, 0.29) is 5.91 Å². The molecule has 0 aromatic heterocycles. The number of thioether (sulfide) groups is 1. The third-order valence-corrected chi connectivity index (χ3v) is 3.66. The van der Waals surface area contributed by atoms with Crippen LogP contribution in [0.1, 0.15) is 18.9 Å². The van der Waals surface area contributed by atoms with E-state index in [9.17, 15) is 4.79 Å². The molecule has 0 aliphatic rings. The minimum absolute atomic E-state index is 0.0554. The number of hydrogen-bond donors (Lipinski definition) is 2. The summed E-state index contributed by atoms with van der Waals surface area (Å²) in [4.78, 5) is 11.5. The molecule has 1 amide bonds. The van der Waals surface area contributed by atoms with Crippen molar-refractivity contribution in [2.24, 2.45) is 0 Å². The fraction of sp³-hybridized carbons (Fsp3) is 0.357. The van der Waals surface area contributed by atoms with Crippen molar-refractivity contribution >= 4 is 29.4 Å². The van der Waals surface area contributed by atoms with Gasteiger partial charge < -0.3 is 11.1 Å². The molecule has 1 aromatic carbocycles. The molecule has 0 aliphatic carbocycles. The normalized spacial score (nSPS) is 12.6. The van der Waals surface area contributed by atoms with Crippen molar-refractivity contribution in [3.8, 4) is 0 Å². The average molecular weight is 264 g/mol. The van der Waals surface area contributed by atoms with E-state index in [4.69, 9.17) is 5.73 Å². The van der Waals surface area contributed by atoms with Gasteiger partial charge in [0.25, 0.3) is 0 Å². The first-order valence-electron chi connectivity index (χ1n) is 5.96. The summed E-state index contributed by atoms with van der Waals surface area (Å²) in [6.45, 7) is 2.87. The zero-order valence-corrected chi connectivity index (χ0v) is 11.7. The van der Waals surface area contributed by atoms with Gasteiger partial charge in [-0.05, 0) is 36.4 Å². The van der Waals surface area contributed by atoms with Crippen molar-refractivity contribution in [2.75, 3.05) is 18.5 Å². The van der Waals surface area contributed by atoms with Crippen LogP contribution in [0.4, 0.5) is 5.69 Å². The molecule has 0 heterocycles. The Morgan fingerprint density at radius 1 is 1.44 bits per heavy atom. The highest BCUT2D eigenvalue weighted by Crippen LogP contribution is 2.08. The van der Waals surface area contributed by atoms with Crippen LogP contribution in [-0.4, -0.2) is 24.0 Å². The average Bonchev–Trinajstić information content (AvgIpc) is 2.38.